The Morgan fingerprint density at radius 3 is 2.28 bits per heavy atom. The number of nitro groups is 1. The van der Waals surface area contributed by atoms with Crippen LogP contribution in [0.3, 0.4) is 0 Å². The summed E-state index contributed by atoms with van der Waals surface area (Å²) >= 11 is 0. The van der Waals surface area contributed by atoms with Crippen molar-refractivity contribution in [1.82, 2.24) is 19.7 Å². The predicted molar refractivity (Wildman–Crippen MR) is 64.4 cm³/mol. The molecule has 0 aliphatic heterocycles. The average molecular weight is 248 g/mol. The van der Waals surface area contributed by atoms with Gasteiger partial charge in [-0.15, -0.1) is 0 Å². The van der Waals surface area contributed by atoms with Crippen LogP contribution in [0.4, 0.5) is 11.5 Å². The van der Waals surface area contributed by atoms with Crippen LogP contribution in [0.1, 0.15) is 17.1 Å². The number of nitrogen functional groups attached to an aromatic ring is 1. The molecule has 0 aliphatic carbocycles. The topological polar surface area (TPSA) is 113 Å². The molecule has 2 rings (SSSR count). The van der Waals surface area contributed by atoms with Crippen LogP contribution in [-0.4, -0.2) is 24.7 Å². The summed E-state index contributed by atoms with van der Waals surface area (Å²) in [7, 11) is 0. The standard InChI is InChI=1S/C10H12N6O2/c1-5-4-6(2)13-10(12-5)15-9(11)8(16(17)18)7(3)14-15/h4H,11H2,1-3H3. The van der Waals surface area contributed by atoms with Crippen molar-refractivity contribution in [1.29, 1.82) is 0 Å². The normalized spacial score (nSPS) is 10.6. The quantitative estimate of drug-likeness (QED) is 0.628. The molecule has 0 fully saturated rings. The summed E-state index contributed by atoms with van der Waals surface area (Å²) in [4.78, 5) is 18.6. The van der Waals surface area contributed by atoms with E-state index < -0.39 is 4.92 Å². The van der Waals surface area contributed by atoms with Crippen molar-refractivity contribution < 1.29 is 4.92 Å². The van der Waals surface area contributed by atoms with Gasteiger partial charge in [0.1, 0.15) is 5.69 Å². The highest BCUT2D eigenvalue weighted by Gasteiger charge is 2.24. The molecule has 2 N–H and O–H groups in total. The maximum absolute atomic E-state index is 10.9. The fourth-order valence-corrected chi connectivity index (χ4v) is 1.72. The first-order chi connectivity index (χ1) is 8.40. The van der Waals surface area contributed by atoms with Crippen LogP contribution in [0.2, 0.25) is 0 Å². The zero-order valence-electron chi connectivity index (χ0n) is 10.2. The number of anilines is 1. The first-order valence-electron chi connectivity index (χ1n) is 5.22. The van der Waals surface area contributed by atoms with E-state index in [1.165, 1.54) is 11.6 Å². The number of aryl methyl sites for hydroxylation is 3. The van der Waals surface area contributed by atoms with Gasteiger partial charge in [-0.05, 0) is 26.8 Å². The number of nitrogens with two attached hydrogens (primary N) is 1. The van der Waals surface area contributed by atoms with Gasteiger partial charge in [-0.3, -0.25) is 10.1 Å². The van der Waals surface area contributed by atoms with Crippen molar-refractivity contribution in [3.05, 3.63) is 33.3 Å². The van der Waals surface area contributed by atoms with E-state index in [-0.39, 0.29) is 23.1 Å². The second kappa shape index (κ2) is 4.06. The van der Waals surface area contributed by atoms with Crippen LogP contribution in [0.25, 0.3) is 5.95 Å². The molecular weight excluding hydrogens is 236 g/mol. The summed E-state index contributed by atoms with van der Waals surface area (Å²) in [6.07, 6.45) is 0. The van der Waals surface area contributed by atoms with E-state index in [0.717, 1.165) is 11.4 Å². The zero-order chi connectivity index (χ0) is 13.4. The molecule has 0 saturated heterocycles. The van der Waals surface area contributed by atoms with Crippen LogP contribution < -0.4 is 5.73 Å². The van der Waals surface area contributed by atoms with Gasteiger partial charge in [-0.25, -0.2) is 9.97 Å². The average Bonchev–Trinajstić information content (AvgIpc) is 2.52. The van der Waals surface area contributed by atoms with E-state index in [0.29, 0.717) is 0 Å². The van der Waals surface area contributed by atoms with Crippen molar-refractivity contribution in [3.63, 3.8) is 0 Å². The van der Waals surface area contributed by atoms with E-state index >= 15 is 0 Å². The lowest BCUT2D eigenvalue weighted by Gasteiger charge is -2.03. The summed E-state index contributed by atoms with van der Waals surface area (Å²) in [5.41, 5.74) is 7.23. The molecule has 0 spiro atoms. The number of aromatic nitrogens is 4. The molecule has 0 unspecified atom stereocenters. The van der Waals surface area contributed by atoms with Gasteiger partial charge in [0.05, 0.1) is 4.92 Å². The summed E-state index contributed by atoms with van der Waals surface area (Å²) < 4.78 is 1.19. The third-order valence-corrected chi connectivity index (χ3v) is 2.41. The Balaban J connectivity index is 2.65. The van der Waals surface area contributed by atoms with Crippen LogP contribution in [-0.2, 0) is 0 Å². The van der Waals surface area contributed by atoms with Crippen LogP contribution in [0.15, 0.2) is 6.07 Å². The molecule has 18 heavy (non-hydrogen) atoms. The van der Waals surface area contributed by atoms with Gasteiger partial charge in [0, 0.05) is 11.4 Å². The smallest absolute Gasteiger partial charge is 0.334 e. The Labute approximate surface area is 103 Å². The number of rotatable bonds is 2. The van der Waals surface area contributed by atoms with Gasteiger partial charge >= 0.3 is 5.69 Å². The second-order valence-electron chi connectivity index (χ2n) is 3.94. The number of nitrogens with zero attached hydrogens (tertiary/aromatic N) is 5. The molecule has 0 aliphatic rings. The molecule has 2 heterocycles. The Morgan fingerprint density at radius 1 is 1.28 bits per heavy atom. The summed E-state index contributed by atoms with van der Waals surface area (Å²) in [5.74, 6) is 0.170. The molecular formula is C10H12N6O2. The van der Waals surface area contributed by atoms with Gasteiger partial charge in [0.15, 0.2) is 0 Å². The van der Waals surface area contributed by atoms with Gasteiger partial charge in [0.25, 0.3) is 5.95 Å². The number of hydrogen-bond donors (Lipinski definition) is 1. The van der Waals surface area contributed by atoms with Crippen molar-refractivity contribution in [3.8, 4) is 5.95 Å². The highest BCUT2D eigenvalue weighted by atomic mass is 16.6. The molecule has 0 amide bonds. The summed E-state index contributed by atoms with van der Waals surface area (Å²) in [6, 6.07) is 1.80. The first-order valence-corrected chi connectivity index (χ1v) is 5.22. The van der Waals surface area contributed by atoms with Crippen molar-refractivity contribution in [2.45, 2.75) is 20.8 Å². The molecule has 2 aromatic rings. The molecule has 0 aromatic carbocycles. The van der Waals surface area contributed by atoms with Crippen molar-refractivity contribution >= 4 is 11.5 Å². The monoisotopic (exact) mass is 248 g/mol. The Bertz CT molecular complexity index is 613. The highest BCUT2D eigenvalue weighted by Crippen LogP contribution is 2.26. The molecule has 94 valence electrons. The largest absolute Gasteiger partial charge is 0.378 e. The van der Waals surface area contributed by atoms with Crippen molar-refractivity contribution in [2.75, 3.05) is 5.73 Å². The molecule has 8 nitrogen and oxygen atoms in total. The molecule has 8 heteroatoms. The maximum Gasteiger partial charge on any atom is 0.334 e. The predicted octanol–water partition coefficient (Wildman–Crippen LogP) is 1.08. The summed E-state index contributed by atoms with van der Waals surface area (Å²) in [5, 5.41) is 14.9. The fourth-order valence-electron chi connectivity index (χ4n) is 1.72. The van der Waals surface area contributed by atoms with Crippen LogP contribution >= 0.6 is 0 Å². The molecule has 0 bridgehead atoms. The minimum absolute atomic E-state index is 0.0671. The third-order valence-electron chi connectivity index (χ3n) is 2.41. The Morgan fingerprint density at radius 2 is 1.83 bits per heavy atom. The third kappa shape index (κ3) is 1.88. The lowest BCUT2D eigenvalue weighted by molar-refractivity contribution is -0.384. The van der Waals surface area contributed by atoms with E-state index in [9.17, 15) is 10.1 Å². The zero-order valence-corrected chi connectivity index (χ0v) is 10.2. The lowest BCUT2D eigenvalue weighted by atomic mass is 10.3. The highest BCUT2D eigenvalue weighted by molar-refractivity contribution is 5.58. The molecule has 0 atom stereocenters. The van der Waals surface area contributed by atoms with E-state index in [1.54, 1.807) is 19.9 Å². The van der Waals surface area contributed by atoms with Gasteiger partial charge < -0.3 is 5.73 Å². The SMILES string of the molecule is Cc1cc(C)nc(-n2nc(C)c([N+](=O)[O-])c2N)n1. The Kier molecular flexibility index (Phi) is 2.70. The second-order valence-corrected chi connectivity index (χ2v) is 3.94. The Hall–Kier alpha value is -2.51. The van der Waals surface area contributed by atoms with Crippen molar-refractivity contribution in [2.24, 2.45) is 0 Å². The van der Waals surface area contributed by atoms with Crippen LogP contribution in [0, 0.1) is 30.9 Å². The minimum atomic E-state index is -0.559. The summed E-state index contributed by atoms with van der Waals surface area (Å²) in [6.45, 7) is 5.13. The minimum Gasteiger partial charge on any atom is -0.378 e. The van der Waals surface area contributed by atoms with E-state index in [1.807, 2.05) is 0 Å². The first kappa shape index (κ1) is 12.0. The fraction of sp³-hybridized carbons (Fsp3) is 0.300. The van der Waals surface area contributed by atoms with E-state index in [4.69, 9.17) is 5.73 Å². The molecule has 0 saturated carbocycles. The lowest BCUT2D eigenvalue weighted by Crippen LogP contribution is -2.08. The van der Waals surface area contributed by atoms with Gasteiger partial charge in [-0.2, -0.15) is 9.78 Å². The van der Waals surface area contributed by atoms with Crippen LogP contribution in [0.5, 0.6) is 0 Å². The maximum atomic E-state index is 10.9. The number of hydrogen-bond acceptors (Lipinski definition) is 6. The van der Waals surface area contributed by atoms with Gasteiger partial charge in [-0.1, -0.05) is 0 Å². The molecule has 2 aromatic heterocycles. The molecule has 0 radical (unpaired) electrons. The van der Waals surface area contributed by atoms with Gasteiger partial charge in [0.2, 0.25) is 5.82 Å². The van der Waals surface area contributed by atoms with E-state index in [2.05, 4.69) is 15.1 Å².